The number of hydrogen-bond acceptors (Lipinski definition) is 4. The number of amides is 2. The highest BCUT2D eigenvalue weighted by atomic mass is 16.5. The number of nitrogens with one attached hydrogen (secondary N) is 2. The highest BCUT2D eigenvalue weighted by Crippen LogP contribution is 2.28. The van der Waals surface area contributed by atoms with E-state index in [1.54, 1.807) is 43.5 Å². The summed E-state index contributed by atoms with van der Waals surface area (Å²) in [6, 6.07) is 14.0. The van der Waals surface area contributed by atoms with E-state index in [4.69, 9.17) is 15.6 Å². The maximum Gasteiger partial charge on any atom is 0.313 e. The van der Waals surface area contributed by atoms with Crippen LogP contribution in [0.1, 0.15) is 11.3 Å². The zero-order valence-corrected chi connectivity index (χ0v) is 14.0. The van der Waals surface area contributed by atoms with Gasteiger partial charge in [0, 0.05) is 16.6 Å². The summed E-state index contributed by atoms with van der Waals surface area (Å²) in [5, 5.41) is 5.87. The topological polar surface area (TPSA) is 80.6 Å². The molecule has 3 aromatic rings. The number of carbonyl (C=O) groups excluding carboxylic acids is 2. The zero-order valence-electron chi connectivity index (χ0n) is 14.0. The highest BCUT2D eigenvalue weighted by molar-refractivity contribution is 6.39. The van der Waals surface area contributed by atoms with Gasteiger partial charge in [-0.1, -0.05) is 24.1 Å². The molecule has 130 valence electrons. The van der Waals surface area contributed by atoms with Crippen LogP contribution in [-0.4, -0.2) is 18.9 Å². The normalized spacial score (nSPS) is 10.2. The van der Waals surface area contributed by atoms with E-state index in [9.17, 15) is 9.59 Å². The van der Waals surface area contributed by atoms with Crippen LogP contribution in [-0.2, 0) is 16.1 Å². The number of terminal acetylenes is 1. The van der Waals surface area contributed by atoms with Gasteiger partial charge in [-0.2, -0.15) is 0 Å². The van der Waals surface area contributed by atoms with Crippen LogP contribution in [0, 0.1) is 12.3 Å². The van der Waals surface area contributed by atoms with Crippen LogP contribution in [0.15, 0.2) is 52.9 Å². The fourth-order valence-electron chi connectivity index (χ4n) is 2.46. The Bertz CT molecular complexity index is 1010. The van der Waals surface area contributed by atoms with Crippen LogP contribution in [0.3, 0.4) is 0 Å². The molecule has 0 aliphatic rings. The van der Waals surface area contributed by atoms with E-state index in [0.717, 1.165) is 5.39 Å². The summed E-state index contributed by atoms with van der Waals surface area (Å²) >= 11 is 0. The van der Waals surface area contributed by atoms with E-state index in [2.05, 4.69) is 16.6 Å². The summed E-state index contributed by atoms with van der Waals surface area (Å²) in [6.45, 7) is 0.0779. The van der Waals surface area contributed by atoms with Crippen molar-refractivity contribution in [1.29, 1.82) is 0 Å². The maximum atomic E-state index is 12.0. The molecule has 0 radical (unpaired) electrons. The number of ether oxygens (including phenoxy) is 1. The molecule has 0 unspecified atom stereocenters. The molecule has 6 nitrogen and oxygen atoms in total. The second-order valence-electron chi connectivity index (χ2n) is 5.45. The Morgan fingerprint density at radius 3 is 2.73 bits per heavy atom. The third kappa shape index (κ3) is 3.68. The largest absolute Gasteiger partial charge is 0.493 e. The average molecular weight is 348 g/mol. The Kier molecular flexibility index (Phi) is 4.90. The van der Waals surface area contributed by atoms with Gasteiger partial charge in [-0.15, -0.1) is 6.42 Å². The number of furan rings is 1. The van der Waals surface area contributed by atoms with Crippen LogP contribution in [0.2, 0.25) is 0 Å². The molecule has 0 saturated heterocycles. The molecule has 0 saturated carbocycles. The smallest absolute Gasteiger partial charge is 0.313 e. The first-order valence-corrected chi connectivity index (χ1v) is 7.82. The highest BCUT2D eigenvalue weighted by Gasteiger charge is 2.15. The number of para-hydroxylation sites is 1. The minimum Gasteiger partial charge on any atom is -0.493 e. The van der Waals surface area contributed by atoms with Crippen molar-refractivity contribution in [3.63, 3.8) is 0 Å². The molecule has 6 heteroatoms. The van der Waals surface area contributed by atoms with Crippen LogP contribution in [0.5, 0.6) is 5.75 Å². The van der Waals surface area contributed by atoms with Gasteiger partial charge in [-0.3, -0.25) is 9.59 Å². The summed E-state index contributed by atoms with van der Waals surface area (Å²) in [5.41, 5.74) is 1.66. The molecule has 0 atom stereocenters. The number of methoxy groups -OCH3 is 1. The Morgan fingerprint density at radius 2 is 1.96 bits per heavy atom. The van der Waals surface area contributed by atoms with Crippen molar-refractivity contribution >= 4 is 28.5 Å². The first-order valence-electron chi connectivity index (χ1n) is 7.82. The first-order chi connectivity index (χ1) is 12.6. The molecule has 1 heterocycles. The van der Waals surface area contributed by atoms with Gasteiger partial charge in [-0.25, -0.2) is 0 Å². The molecule has 2 N–H and O–H groups in total. The lowest BCUT2D eigenvalue weighted by atomic mass is 10.2. The van der Waals surface area contributed by atoms with Gasteiger partial charge in [0.05, 0.1) is 13.7 Å². The summed E-state index contributed by atoms with van der Waals surface area (Å²) in [4.78, 5) is 24.0. The number of rotatable bonds is 4. The number of hydrogen-bond donors (Lipinski definition) is 2. The zero-order chi connectivity index (χ0) is 18.5. The molecule has 0 aliphatic carbocycles. The number of benzene rings is 2. The van der Waals surface area contributed by atoms with Gasteiger partial charge < -0.3 is 19.8 Å². The van der Waals surface area contributed by atoms with Crippen LogP contribution in [0.25, 0.3) is 11.0 Å². The van der Waals surface area contributed by atoms with Crippen LogP contribution >= 0.6 is 0 Å². The van der Waals surface area contributed by atoms with E-state index in [1.165, 1.54) is 0 Å². The van der Waals surface area contributed by atoms with E-state index in [1.807, 2.05) is 12.1 Å². The average Bonchev–Trinajstić information content (AvgIpc) is 3.09. The lowest BCUT2D eigenvalue weighted by Crippen LogP contribution is -2.34. The lowest BCUT2D eigenvalue weighted by Gasteiger charge is -2.06. The molecule has 2 aromatic carbocycles. The van der Waals surface area contributed by atoms with Gasteiger partial charge in [0.2, 0.25) is 0 Å². The first kappa shape index (κ1) is 17.1. The van der Waals surface area contributed by atoms with Gasteiger partial charge in [-0.05, 0) is 30.3 Å². The Labute approximate surface area is 150 Å². The monoisotopic (exact) mass is 348 g/mol. The fourth-order valence-corrected chi connectivity index (χ4v) is 2.46. The van der Waals surface area contributed by atoms with Crippen molar-refractivity contribution in [1.82, 2.24) is 5.32 Å². The molecule has 1 aromatic heterocycles. The molecular weight excluding hydrogens is 332 g/mol. The molecule has 0 spiro atoms. The number of carbonyl (C=O) groups is 2. The quantitative estimate of drug-likeness (QED) is 0.561. The van der Waals surface area contributed by atoms with Crippen molar-refractivity contribution in [2.45, 2.75) is 6.54 Å². The van der Waals surface area contributed by atoms with Gasteiger partial charge in [0.25, 0.3) is 0 Å². The van der Waals surface area contributed by atoms with Crippen LogP contribution < -0.4 is 15.4 Å². The van der Waals surface area contributed by atoms with E-state index < -0.39 is 11.8 Å². The molecule has 26 heavy (non-hydrogen) atoms. The molecule has 0 fully saturated rings. The summed E-state index contributed by atoms with van der Waals surface area (Å²) in [5.74, 6) is 2.02. The van der Waals surface area contributed by atoms with Crippen molar-refractivity contribution in [2.75, 3.05) is 12.4 Å². The minimum absolute atomic E-state index is 0.0779. The SMILES string of the molecule is C#Cc1cccc(NC(=O)C(=O)NCc2cc3cccc(OC)c3o2)c1. The summed E-state index contributed by atoms with van der Waals surface area (Å²) < 4.78 is 10.9. The molecule has 0 bridgehead atoms. The third-order valence-corrected chi connectivity index (χ3v) is 3.70. The van der Waals surface area contributed by atoms with Crippen LogP contribution in [0.4, 0.5) is 5.69 Å². The number of anilines is 1. The van der Waals surface area contributed by atoms with E-state index in [0.29, 0.717) is 28.3 Å². The molecule has 0 aliphatic heterocycles. The van der Waals surface area contributed by atoms with E-state index in [-0.39, 0.29) is 6.54 Å². The third-order valence-electron chi connectivity index (χ3n) is 3.70. The second kappa shape index (κ2) is 7.45. The van der Waals surface area contributed by atoms with Crippen molar-refractivity contribution < 1.29 is 18.7 Å². The van der Waals surface area contributed by atoms with Crippen molar-refractivity contribution in [3.8, 4) is 18.1 Å². The summed E-state index contributed by atoms with van der Waals surface area (Å²) in [6.07, 6.45) is 5.31. The molecular formula is C20H16N2O4. The standard InChI is InChI=1S/C20H16N2O4/c1-3-13-6-4-8-15(10-13)22-20(24)19(23)21-12-16-11-14-7-5-9-17(25-2)18(14)26-16/h1,4-11H,12H2,2H3,(H,21,23)(H,22,24). The van der Waals surface area contributed by atoms with Gasteiger partial charge in [0.1, 0.15) is 5.76 Å². The maximum absolute atomic E-state index is 12.0. The van der Waals surface area contributed by atoms with Gasteiger partial charge >= 0.3 is 11.8 Å². The second-order valence-corrected chi connectivity index (χ2v) is 5.45. The minimum atomic E-state index is -0.784. The van der Waals surface area contributed by atoms with Crippen molar-refractivity contribution in [3.05, 3.63) is 59.9 Å². The molecule has 2 amide bonds. The predicted octanol–water partition coefficient (Wildman–Crippen LogP) is 2.68. The Morgan fingerprint density at radius 1 is 1.15 bits per heavy atom. The molecule has 3 rings (SSSR count). The Hall–Kier alpha value is -3.72. The lowest BCUT2D eigenvalue weighted by molar-refractivity contribution is -0.136. The Balaban J connectivity index is 1.63. The number of fused-ring (bicyclic) bond motifs is 1. The van der Waals surface area contributed by atoms with Gasteiger partial charge in [0.15, 0.2) is 11.3 Å². The summed E-state index contributed by atoms with van der Waals surface area (Å²) in [7, 11) is 1.55. The van der Waals surface area contributed by atoms with E-state index >= 15 is 0 Å². The van der Waals surface area contributed by atoms with Crippen molar-refractivity contribution in [2.24, 2.45) is 0 Å². The predicted molar refractivity (Wildman–Crippen MR) is 97.6 cm³/mol. The fraction of sp³-hybridized carbons (Fsp3) is 0.100.